The Balaban J connectivity index is 1.53. The van der Waals surface area contributed by atoms with Crippen LogP contribution in [-0.2, 0) is 35.2 Å². The molecule has 2 saturated heterocycles. The highest BCUT2D eigenvalue weighted by Gasteiger charge is 2.65. The van der Waals surface area contributed by atoms with Gasteiger partial charge in [0.15, 0.2) is 5.60 Å². The zero-order valence-corrected chi connectivity index (χ0v) is 19.6. The normalized spacial score (nSPS) is 24.8. The number of carbonyl (C=O) groups excluding carboxylic acids is 4. The topological polar surface area (TPSA) is 154 Å². The summed E-state index contributed by atoms with van der Waals surface area (Å²) in [6.07, 6.45) is -0.601. The van der Waals surface area contributed by atoms with Crippen molar-refractivity contribution in [2.75, 3.05) is 6.61 Å². The van der Waals surface area contributed by atoms with E-state index >= 15 is 0 Å². The Morgan fingerprint density at radius 1 is 1.34 bits per heavy atom. The number of nitro benzene ring substituents is 1. The van der Waals surface area contributed by atoms with Crippen LogP contribution in [0.1, 0.15) is 25.8 Å². The van der Waals surface area contributed by atoms with Crippen molar-refractivity contribution < 1.29 is 38.3 Å². The number of amides is 2. The largest absolute Gasteiger partial charge is 0.509 e. The number of thioether (sulfide) groups is 1. The van der Waals surface area contributed by atoms with Gasteiger partial charge in [-0.1, -0.05) is 18.3 Å². The second-order valence-corrected chi connectivity index (χ2v) is 9.58. The number of carbonyl (C=O) groups is 4. The van der Waals surface area contributed by atoms with Crippen molar-refractivity contribution in [3.63, 3.8) is 0 Å². The number of β-lactam (4-membered cyclic amide) rings is 1. The molecule has 0 aliphatic carbocycles. The third kappa shape index (κ3) is 4.58. The number of cyclic esters (lactones) is 2. The van der Waals surface area contributed by atoms with E-state index in [1.807, 2.05) is 0 Å². The molecule has 3 heterocycles. The molecule has 1 aromatic carbocycles. The van der Waals surface area contributed by atoms with E-state index in [0.717, 1.165) is 11.8 Å². The highest BCUT2D eigenvalue weighted by Crippen LogP contribution is 2.52. The highest BCUT2D eigenvalue weighted by molar-refractivity contribution is 8.06. The number of ether oxygens (including phenoxy) is 3. The molecule has 1 N–H and O–H groups in total. The highest BCUT2D eigenvalue weighted by atomic mass is 32.2. The average molecular weight is 503 g/mol. The van der Waals surface area contributed by atoms with Crippen LogP contribution in [0.4, 0.5) is 10.5 Å². The fourth-order valence-electron chi connectivity index (χ4n) is 4.33. The molecule has 3 atom stereocenters. The van der Waals surface area contributed by atoms with Gasteiger partial charge in [-0.3, -0.25) is 19.7 Å². The summed E-state index contributed by atoms with van der Waals surface area (Å²) in [4.78, 5) is 61.2. The molecule has 2 amide bonds. The standard InChI is InChI=1S/C22H21N3O9S/c1-11(26)23-12(2)35-16-8-15-17(22(3)10-33-21(29)34-22)19(27)24(15)18(16)20(28)32-9-13-4-6-14(7-5-13)25(30)31/h4-7,15,17H,2,8-10H2,1,3H3,(H,23,26). The SMILES string of the molecule is C=C(NC(C)=O)SC1=C(C(=O)OCc2ccc([N+](=O)[O-])cc2)N2C(=O)C(C3(C)COC(=O)O3)C2C1. The lowest BCUT2D eigenvalue weighted by atomic mass is 9.75. The van der Waals surface area contributed by atoms with Gasteiger partial charge in [0, 0.05) is 30.4 Å². The van der Waals surface area contributed by atoms with E-state index < -0.39 is 40.5 Å². The summed E-state index contributed by atoms with van der Waals surface area (Å²) >= 11 is 1.04. The lowest BCUT2D eigenvalue weighted by molar-refractivity contribution is -0.384. The van der Waals surface area contributed by atoms with Crippen LogP contribution in [0.5, 0.6) is 0 Å². The summed E-state index contributed by atoms with van der Waals surface area (Å²) < 4.78 is 15.6. The molecule has 184 valence electrons. The van der Waals surface area contributed by atoms with Gasteiger partial charge >= 0.3 is 12.1 Å². The van der Waals surface area contributed by atoms with E-state index in [9.17, 15) is 29.3 Å². The van der Waals surface area contributed by atoms with E-state index in [4.69, 9.17) is 14.2 Å². The smallest absolute Gasteiger partial charge is 0.456 e. The van der Waals surface area contributed by atoms with Crippen molar-refractivity contribution >= 4 is 41.4 Å². The molecule has 0 saturated carbocycles. The van der Waals surface area contributed by atoms with E-state index in [1.54, 1.807) is 6.92 Å². The van der Waals surface area contributed by atoms with Crippen molar-refractivity contribution in [2.24, 2.45) is 5.92 Å². The molecule has 1 aromatic rings. The number of fused-ring (bicyclic) bond motifs is 1. The van der Waals surface area contributed by atoms with Gasteiger partial charge in [0.05, 0.1) is 16.0 Å². The number of esters is 1. The van der Waals surface area contributed by atoms with Crippen LogP contribution in [-0.4, -0.2) is 52.0 Å². The van der Waals surface area contributed by atoms with Gasteiger partial charge in [0.1, 0.15) is 24.8 Å². The Morgan fingerprint density at radius 2 is 2.03 bits per heavy atom. The summed E-state index contributed by atoms with van der Waals surface area (Å²) in [6, 6.07) is 5.04. The van der Waals surface area contributed by atoms with Crippen molar-refractivity contribution in [3.8, 4) is 0 Å². The second-order valence-electron chi connectivity index (χ2n) is 8.39. The van der Waals surface area contributed by atoms with Crippen LogP contribution in [0, 0.1) is 16.0 Å². The van der Waals surface area contributed by atoms with Gasteiger partial charge in [-0.2, -0.15) is 0 Å². The molecule has 3 aliphatic heterocycles. The maximum atomic E-state index is 13.1. The molecule has 3 unspecified atom stereocenters. The first-order chi connectivity index (χ1) is 16.5. The molecular formula is C22H21N3O9S. The van der Waals surface area contributed by atoms with Gasteiger partial charge in [0.2, 0.25) is 11.8 Å². The van der Waals surface area contributed by atoms with Crippen molar-refractivity contribution in [2.45, 2.75) is 38.5 Å². The van der Waals surface area contributed by atoms with Crippen LogP contribution in [0.15, 0.2) is 46.5 Å². The average Bonchev–Trinajstić information content (AvgIpc) is 3.28. The van der Waals surface area contributed by atoms with Crippen molar-refractivity contribution in [3.05, 3.63) is 62.2 Å². The predicted molar refractivity (Wildman–Crippen MR) is 120 cm³/mol. The molecule has 0 radical (unpaired) electrons. The summed E-state index contributed by atoms with van der Waals surface area (Å²) in [5.74, 6) is -2.26. The monoisotopic (exact) mass is 503 g/mol. The fraction of sp³-hybridized carbons (Fsp3) is 0.364. The Kier molecular flexibility index (Phi) is 6.28. The van der Waals surface area contributed by atoms with Gasteiger partial charge in [-0.25, -0.2) is 9.59 Å². The Morgan fingerprint density at radius 3 is 2.60 bits per heavy atom. The van der Waals surface area contributed by atoms with Crippen LogP contribution < -0.4 is 5.32 Å². The van der Waals surface area contributed by atoms with E-state index in [-0.39, 0.29) is 42.0 Å². The molecule has 12 nitrogen and oxygen atoms in total. The minimum Gasteiger partial charge on any atom is -0.456 e. The van der Waals surface area contributed by atoms with Gasteiger partial charge < -0.3 is 24.4 Å². The van der Waals surface area contributed by atoms with Crippen LogP contribution in [0.2, 0.25) is 0 Å². The first-order valence-corrected chi connectivity index (χ1v) is 11.3. The predicted octanol–water partition coefficient (Wildman–Crippen LogP) is 2.35. The Bertz CT molecular complexity index is 1180. The summed E-state index contributed by atoms with van der Waals surface area (Å²) in [6.45, 7) is 6.43. The Labute approximate surface area is 203 Å². The lowest BCUT2D eigenvalue weighted by Crippen LogP contribution is -2.66. The summed E-state index contributed by atoms with van der Waals surface area (Å²) in [7, 11) is 0. The van der Waals surface area contributed by atoms with Crippen LogP contribution in [0.25, 0.3) is 0 Å². The summed E-state index contributed by atoms with van der Waals surface area (Å²) in [5.41, 5.74) is -0.730. The number of hydrogen-bond acceptors (Lipinski definition) is 10. The zero-order valence-electron chi connectivity index (χ0n) is 18.8. The minimum absolute atomic E-state index is 0.0171. The molecule has 0 bridgehead atoms. The molecule has 0 spiro atoms. The van der Waals surface area contributed by atoms with Gasteiger partial charge in [-0.05, 0) is 24.6 Å². The number of non-ortho nitro benzene ring substituents is 1. The number of rotatable bonds is 8. The van der Waals surface area contributed by atoms with Crippen molar-refractivity contribution in [1.29, 1.82) is 0 Å². The van der Waals surface area contributed by atoms with E-state index in [0.29, 0.717) is 10.5 Å². The Hall–Kier alpha value is -3.87. The third-order valence-electron chi connectivity index (χ3n) is 5.84. The van der Waals surface area contributed by atoms with Gasteiger partial charge in [0.25, 0.3) is 5.69 Å². The maximum Gasteiger partial charge on any atom is 0.509 e. The van der Waals surface area contributed by atoms with E-state index in [2.05, 4.69) is 11.9 Å². The first kappa shape index (κ1) is 24.3. The number of benzene rings is 1. The quantitative estimate of drug-likeness (QED) is 0.242. The zero-order chi connectivity index (χ0) is 25.5. The number of nitrogens with zero attached hydrogens (tertiary/aromatic N) is 2. The molecular weight excluding hydrogens is 482 g/mol. The third-order valence-corrected chi connectivity index (χ3v) is 6.80. The number of nitrogens with one attached hydrogen (secondary N) is 1. The van der Waals surface area contributed by atoms with Crippen LogP contribution in [0.3, 0.4) is 0 Å². The van der Waals surface area contributed by atoms with Crippen LogP contribution >= 0.6 is 11.8 Å². The van der Waals surface area contributed by atoms with Gasteiger partial charge in [-0.15, -0.1) is 0 Å². The summed E-state index contributed by atoms with van der Waals surface area (Å²) in [5, 5.41) is 13.6. The molecule has 0 aromatic heterocycles. The molecule has 3 aliphatic rings. The van der Waals surface area contributed by atoms with Crippen molar-refractivity contribution in [1.82, 2.24) is 10.2 Å². The molecule has 35 heavy (non-hydrogen) atoms. The maximum absolute atomic E-state index is 13.1. The van der Waals surface area contributed by atoms with E-state index in [1.165, 1.54) is 36.1 Å². The molecule has 2 fully saturated rings. The molecule has 13 heteroatoms. The minimum atomic E-state index is -1.17. The molecule has 4 rings (SSSR count). The number of hydrogen-bond donors (Lipinski definition) is 1. The number of nitro groups is 1. The fourth-order valence-corrected chi connectivity index (χ4v) is 5.35. The second kappa shape index (κ2) is 9.06. The lowest BCUT2D eigenvalue weighted by Gasteiger charge is -2.48. The first-order valence-electron chi connectivity index (χ1n) is 10.5.